The van der Waals surface area contributed by atoms with Gasteiger partial charge in [0.1, 0.15) is 29.8 Å². The first-order valence-electron chi connectivity index (χ1n) is 18.5. The summed E-state index contributed by atoms with van der Waals surface area (Å²) >= 11 is 6.72. The van der Waals surface area contributed by atoms with Crippen LogP contribution < -0.4 is 16.0 Å². The van der Waals surface area contributed by atoms with Crippen LogP contribution in [0.3, 0.4) is 0 Å². The van der Waals surface area contributed by atoms with Gasteiger partial charge in [-0.05, 0) is 74.6 Å². The zero-order chi connectivity index (χ0) is 42.1. The Balaban J connectivity index is 1.47. The van der Waals surface area contributed by atoms with Crippen molar-refractivity contribution in [1.82, 2.24) is 29.2 Å². The highest BCUT2D eigenvalue weighted by atomic mass is 35.5. The number of sulfonamides is 1. The topological polar surface area (TPSA) is 141 Å². The van der Waals surface area contributed by atoms with Crippen molar-refractivity contribution < 1.29 is 39.2 Å². The molecule has 2 aromatic carbocycles. The van der Waals surface area contributed by atoms with Crippen LogP contribution in [-0.4, -0.2) is 81.3 Å². The summed E-state index contributed by atoms with van der Waals surface area (Å²) in [5.41, 5.74) is 3.60. The Kier molecular flexibility index (Phi) is 11.1. The summed E-state index contributed by atoms with van der Waals surface area (Å²) in [6.45, 7) is 2.97. The maximum absolute atomic E-state index is 16.4. The van der Waals surface area contributed by atoms with E-state index in [1.165, 1.54) is 29.8 Å². The summed E-state index contributed by atoms with van der Waals surface area (Å²) in [6, 6.07) is 4.96. The predicted molar refractivity (Wildman–Crippen MR) is 205 cm³/mol. The van der Waals surface area contributed by atoms with Crippen LogP contribution in [0.5, 0.6) is 0 Å². The van der Waals surface area contributed by atoms with Crippen molar-refractivity contribution in [1.29, 1.82) is 0 Å². The molecule has 0 bridgehead atoms. The van der Waals surface area contributed by atoms with Gasteiger partial charge in [-0.2, -0.15) is 5.10 Å². The third-order valence-corrected chi connectivity index (χ3v) is 11.7. The van der Waals surface area contributed by atoms with Gasteiger partial charge in [-0.1, -0.05) is 11.6 Å². The van der Waals surface area contributed by atoms with E-state index in [-0.39, 0.29) is 93.6 Å². The number of benzene rings is 2. The van der Waals surface area contributed by atoms with Gasteiger partial charge in [0.25, 0.3) is 5.56 Å². The number of aryl methyl sites for hydroxylation is 1. The van der Waals surface area contributed by atoms with E-state index in [9.17, 15) is 39.6 Å². The number of nitrogens with two attached hydrogens (primary N) is 1. The van der Waals surface area contributed by atoms with Crippen molar-refractivity contribution in [3.05, 3.63) is 86.1 Å². The van der Waals surface area contributed by atoms with Crippen molar-refractivity contribution in [2.24, 2.45) is 5.73 Å². The highest BCUT2D eigenvalue weighted by Gasteiger charge is 2.46. The van der Waals surface area contributed by atoms with Crippen LogP contribution >= 0.6 is 11.6 Å². The van der Waals surface area contributed by atoms with Crippen molar-refractivity contribution >= 4 is 49.4 Å². The van der Waals surface area contributed by atoms with Gasteiger partial charge < -0.3 is 5.73 Å². The minimum atomic E-state index is -3.98. The molecular weight excluding hydrogens is 817 g/mol. The van der Waals surface area contributed by atoms with Crippen LogP contribution in [-0.2, 0) is 28.7 Å². The number of hydrogen-bond acceptors (Lipinski definition) is 8. The van der Waals surface area contributed by atoms with Gasteiger partial charge in [0, 0.05) is 44.5 Å². The quantitative estimate of drug-likeness (QED) is 0.142. The fraction of sp³-hybridized carbons (Fsp3) is 0.474. The average molecular weight is 857 g/mol. The van der Waals surface area contributed by atoms with Crippen molar-refractivity contribution in [2.75, 3.05) is 24.1 Å². The van der Waals surface area contributed by atoms with Gasteiger partial charge in [0.15, 0.2) is 17.1 Å². The van der Waals surface area contributed by atoms with E-state index in [1.807, 2.05) is 0 Å². The third kappa shape index (κ3) is 8.40. The number of nitrogens with one attached hydrogen (secondary N) is 1. The summed E-state index contributed by atoms with van der Waals surface area (Å²) in [7, 11) is -3.98. The SMILES string of the molecule is Cc1cc(C2(F)CCC(F)(F)CC2)nc2nc([C@@H](N)Cc3cc(F)cc(F)c3)n(-c3ccc(Cl)c4c(NS(C)(=O)=O)nn(C[C@H](C)N5C[C@H](F)C[C@H](F)C5)c34)c(=O)c12. The average Bonchev–Trinajstić information content (AvgIpc) is 3.45. The van der Waals surface area contributed by atoms with Crippen LogP contribution in [0.4, 0.5) is 36.6 Å². The zero-order valence-electron chi connectivity index (χ0n) is 31.6. The zero-order valence-corrected chi connectivity index (χ0v) is 33.1. The van der Waals surface area contributed by atoms with Crippen molar-refractivity contribution in [3.8, 4) is 5.69 Å². The fourth-order valence-electron chi connectivity index (χ4n) is 7.99. The van der Waals surface area contributed by atoms with Crippen LogP contribution in [0, 0.1) is 18.6 Å². The molecule has 1 saturated heterocycles. The monoisotopic (exact) mass is 856 g/mol. The molecule has 1 aliphatic heterocycles. The van der Waals surface area contributed by atoms with E-state index in [0.29, 0.717) is 6.07 Å². The molecule has 4 atom stereocenters. The molecule has 1 aliphatic carbocycles. The molecule has 2 fully saturated rings. The summed E-state index contributed by atoms with van der Waals surface area (Å²) in [4.78, 5) is 25.6. The Labute approximate surface area is 333 Å². The number of rotatable bonds is 10. The molecule has 11 nitrogen and oxygen atoms in total. The smallest absolute Gasteiger partial charge is 0.268 e. The molecule has 3 N–H and O–H groups in total. The van der Waals surface area contributed by atoms with Gasteiger partial charge in [0.2, 0.25) is 15.9 Å². The second kappa shape index (κ2) is 15.4. The summed E-state index contributed by atoms with van der Waals surface area (Å²) in [6.07, 6.45) is -5.01. The first-order valence-corrected chi connectivity index (χ1v) is 20.8. The Morgan fingerprint density at radius 1 is 0.983 bits per heavy atom. The van der Waals surface area contributed by atoms with Crippen molar-refractivity contribution in [2.45, 2.75) is 94.9 Å². The minimum absolute atomic E-state index is 0.00564. The van der Waals surface area contributed by atoms with E-state index in [4.69, 9.17) is 17.3 Å². The summed E-state index contributed by atoms with van der Waals surface area (Å²) < 4.78 is 132. The molecule has 3 aromatic heterocycles. The number of anilines is 1. The molecule has 312 valence electrons. The molecule has 0 amide bonds. The molecule has 2 aliphatic rings. The lowest BCUT2D eigenvalue weighted by Crippen LogP contribution is -2.48. The molecule has 0 radical (unpaired) electrons. The standard InChI is InChI=1S/C38H40ClF7N8O3S/c1-19-10-29(37(44)6-8-38(45,46)9-7-37)48-33-30(19)36(55)54(35(49-33)27(47)13-21-11-22(40)14-23(41)12-21)28-5-4-26(39)31-32(28)53(50-34(31)51-58(3,56)57)16-20(2)52-17-24(42)15-25(43)18-52/h4-5,10-12,14,20,24-25,27H,6-9,13,15-18,47H2,1-3H3,(H,50,51)/t20-,24-,25+,27-/m0/s1. The lowest BCUT2D eigenvalue weighted by molar-refractivity contribution is -0.0784. The predicted octanol–water partition coefficient (Wildman–Crippen LogP) is 7.13. The van der Waals surface area contributed by atoms with E-state index < -0.39 is 88.9 Å². The molecule has 20 heteroatoms. The van der Waals surface area contributed by atoms with E-state index in [0.717, 1.165) is 23.0 Å². The molecule has 5 aromatic rings. The molecule has 58 heavy (non-hydrogen) atoms. The van der Waals surface area contributed by atoms with E-state index >= 15 is 4.39 Å². The number of fused-ring (bicyclic) bond motifs is 2. The molecular formula is C38H40ClF7N8O3S. The Bertz CT molecular complexity index is 2550. The van der Waals surface area contributed by atoms with Gasteiger partial charge in [-0.15, -0.1) is 0 Å². The van der Waals surface area contributed by atoms with Crippen LogP contribution in [0.15, 0.2) is 41.2 Å². The first-order chi connectivity index (χ1) is 27.1. The van der Waals surface area contributed by atoms with E-state index in [2.05, 4.69) is 19.8 Å². The lowest BCUT2D eigenvalue weighted by atomic mass is 9.81. The highest BCUT2D eigenvalue weighted by molar-refractivity contribution is 7.92. The molecule has 0 spiro atoms. The number of nitrogens with zero attached hydrogens (tertiary/aromatic N) is 6. The van der Waals surface area contributed by atoms with Gasteiger partial charge in [0.05, 0.1) is 51.5 Å². The number of pyridine rings is 1. The Morgan fingerprint density at radius 3 is 2.24 bits per heavy atom. The molecule has 0 unspecified atom stereocenters. The molecule has 7 rings (SSSR count). The van der Waals surface area contributed by atoms with Crippen LogP contribution in [0.1, 0.15) is 67.7 Å². The molecule has 1 saturated carbocycles. The van der Waals surface area contributed by atoms with Crippen molar-refractivity contribution in [3.63, 3.8) is 0 Å². The maximum Gasteiger partial charge on any atom is 0.268 e. The minimum Gasteiger partial charge on any atom is -0.321 e. The number of likely N-dealkylation sites (tertiary alicyclic amines) is 1. The maximum atomic E-state index is 16.4. The van der Waals surface area contributed by atoms with Crippen LogP contribution in [0.25, 0.3) is 27.6 Å². The number of hydrogen-bond donors (Lipinski definition) is 2. The highest BCUT2D eigenvalue weighted by Crippen LogP contribution is 2.46. The summed E-state index contributed by atoms with van der Waals surface area (Å²) in [5.74, 6) is -5.29. The molecule has 4 heterocycles. The fourth-order valence-corrected chi connectivity index (χ4v) is 8.72. The second-order valence-electron chi connectivity index (χ2n) is 15.5. The third-order valence-electron chi connectivity index (χ3n) is 10.8. The number of aromatic nitrogens is 5. The lowest BCUT2D eigenvalue weighted by Gasteiger charge is -2.35. The van der Waals surface area contributed by atoms with Gasteiger partial charge in [-0.25, -0.2) is 49.1 Å². The number of piperidine rings is 1. The largest absolute Gasteiger partial charge is 0.321 e. The van der Waals surface area contributed by atoms with Gasteiger partial charge >= 0.3 is 0 Å². The second-order valence-corrected chi connectivity index (χ2v) is 17.6. The van der Waals surface area contributed by atoms with E-state index in [1.54, 1.807) is 11.8 Å². The normalized spacial score (nSPS) is 21.0. The number of halogens is 8. The summed E-state index contributed by atoms with van der Waals surface area (Å²) in [5, 5.41) is 4.46. The Morgan fingerprint density at radius 2 is 1.62 bits per heavy atom. The van der Waals surface area contributed by atoms with Crippen LogP contribution in [0.2, 0.25) is 5.02 Å². The Hall–Kier alpha value is -4.33. The first kappa shape index (κ1) is 41.8. The van der Waals surface area contributed by atoms with Gasteiger partial charge in [-0.3, -0.25) is 23.7 Å². The number of alkyl halides is 5.